The van der Waals surface area contributed by atoms with Gasteiger partial charge in [-0.25, -0.2) is 0 Å². The zero-order valence-corrected chi connectivity index (χ0v) is 26.4. The van der Waals surface area contributed by atoms with Crippen molar-refractivity contribution in [1.82, 2.24) is 4.57 Å². The molecule has 0 fully saturated rings. The summed E-state index contributed by atoms with van der Waals surface area (Å²) in [6.45, 7) is 0. The summed E-state index contributed by atoms with van der Waals surface area (Å²) in [5.74, 6) is 6.39. The molecule has 1 aromatic heterocycles. The molecular weight excluding hydrogens is 629 g/mol. The first-order valence-electron chi connectivity index (χ1n) is 15.6. The van der Waals surface area contributed by atoms with Crippen molar-refractivity contribution in [2.75, 3.05) is 4.90 Å². The summed E-state index contributed by atoms with van der Waals surface area (Å²) in [6.07, 6.45) is -2.95. The Morgan fingerprint density at radius 3 is 1.70 bits per heavy atom. The molecule has 0 unspecified atom stereocenters. The van der Waals surface area contributed by atoms with Gasteiger partial charge in [-0.3, -0.25) is 0 Å². The van der Waals surface area contributed by atoms with Crippen molar-refractivity contribution >= 4 is 44.9 Å². The van der Waals surface area contributed by atoms with Crippen LogP contribution in [-0.2, 0) is 6.18 Å². The lowest BCUT2D eigenvalue weighted by molar-refractivity contribution is -0.137. The van der Waals surface area contributed by atoms with Crippen molar-refractivity contribution in [3.63, 3.8) is 0 Å². The highest BCUT2D eigenvalue weighted by Crippen LogP contribution is 2.40. The predicted octanol–water partition coefficient (Wildman–Crippen LogP) is 11.1. The maximum absolute atomic E-state index is 13.6. The molecule has 0 spiro atoms. The maximum atomic E-state index is 13.6. The highest BCUT2D eigenvalue weighted by Gasteiger charge is 2.30. The molecule has 0 atom stereocenters. The fourth-order valence-corrected chi connectivity index (χ4v) is 5.97. The van der Waals surface area contributed by atoms with Crippen molar-refractivity contribution < 1.29 is 13.2 Å². The summed E-state index contributed by atoms with van der Waals surface area (Å²) in [7, 11) is 0. The third-order valence-electron chi connectivity index (χ3n) is 8.30. The number of anilines is 3. The quantitative estimate of drug-likeness (QED) is 0.137. The molecule has 0 aliphatic rings. The van der Waals surface area contributed by atoms with Gasteiger partial charge in [0, 0.05) is 44.6 Å². The first-order chi connectivity index (χ1) is 24.3. The molecule has 0 saturated carbocycles. The maximum Gasteiger partial charge on any atom is 0.416 e. The van der Waals surface area contributed by atoms with Crippen LogP contribution in [0.5, 0.6) is 0 Å². The van der Waals surface area contributed by atoms with E-state index < -0.39 is 11.7 Å². The van der Waals surface area contributed by atoms with Gasteiger partial charge in [0.05, 0.1) is 16.6 Å². The van der Waals surface area contributed by atoms with Gasteiger partial charge in [-0.1, -0.05) is 72.5 Å². The highest BCUT2D eigenvalue weighted by atomic mass is 19.4. The summed E-state index contributed by atoms with van der Waals surface area (Å²) in [6, 6.07) is 48.2. The van der Waals surface area contributed by atoms with E-state index in [1.54, 1.807) is 12.1 Å². The molecule has 7 rings (SSSR count). The SMILES string of the molecule is N#CC(C#N)=Cc1ccc(C#Cc2ccc3c4ccc(N(c5ccccc5)c5ccccc5)cc4n(-c4ccc(C(F)(F)F)cc4)c3c2)cc1. The van der Waals surface area contributed by atoms with E-state index in [0.717, 1.165) is 62.1 Å². The molecule has 0 amide bonds. The van der Waals surface area contributed by atoms with Gasteiger partial charge >= 0.3 is 6.18 Å². The zero-order valence-electron chi connectivity index (χ0n) is 26.4. The molecule has 0 saturated heterocycles. The Morgan fingerprint density at radius 2 is 1.12 bits per heavy atom. The van der Waals surface area contributed by atoms with E-state index in [-0.39, 0.29) is 5.57 Å². The number of fused-ring (bicyclic) bond motifs is 3. The summed E-state index contributed by atoms with van der Waals surface area (Å²) < 4.78 is 42.7. The Morgan fingerprint density at radius 1 is 0.580 bits per heavy atom. The molecule has 1 heterocycles. The largest absolute Gasteiger partial charge is 0.416 e. The van der Waals surface area contributed by atoms with Crippen LogP contribution >= 0.6 is 0 Å². The molecule has 0 aliphatic carbocycles. The lowest BCUT2D eigenvalue weighted by atomic mass is 10.1. The normalized spacial score (nSPS) is 10.9. The van der Waals surface area contributed by atoms with E-state index in [4.69, 9.17) is 10.5 Å². The number of nitrogens with zero attached hydrogens (tertiary/aromatic N) is 4. The second-order valence-corrected chi connectivity index (χ2v) is 11.5. The van der Waals surface area contributed by atoms with Crippen molar-refractivity contribution in [2.24, 2.45) is 0 Å². The van der Waals surface area contributed by atoms with Crippen molar-refractivity contribution in [3.05, 3.63) is 173 Å². The Balaban J connectivity index is 1.38. The summed E-state index contributed by atoms with van der Waals surface area (Å²) in [5.41, 5.74) is 6.52. The second kappa shape index (κ2) is 13.2. The van der Waals surface area contributed by atoms with Crippen LogP contribution in [0.3, 0.4) is 0 Å². The van der Waals surface area contributed by atoms with E-state index in [9.17, 15) is 13.2 Å². The second-order valence-electron chi connectivity index (χ2n) is 11.5. The van der Waals surface area contributed by atoms with Crippen molar-refractivity contribution in [2.45, 2.75) is 6.18 Å². The van der Waals surface area contributed by atoms with Crippen LogP contribution in [0, 0.1) is 34.5 Å². The van der Waals surface area contributed by atoms with E-state index >= 15 is 0 Å². The number of aromatic nitrogens is 1. The molecule has 7 aromatic rings. The van der Waals surface area contributed by atoms with Gasteiger partial charge in [-0.2, -0.15) is 23.7 Å². The van der Waals surface area contributed by atoms with Gasteiger partial charge in [-0.05, 0) is 96.6 Å². The van der Waals surface area contributed by atoms with Gasteiger partial charge in [-0.15, -0.1) is 0 Å². The van der Waals surface area contributed by atoms with Crippen LogP contribution in [0.1, 0.15) is 22.3 Å². The first-order valence-corrected chi connectivity index (χ1v) is 15.6. The zero-order chi connectivity index (χ0) is 34.7. The number of hydrogen-bond acceptors (Lipinski definition) is 3. The number of para-hydroxylation sites is 2. The molecule has 0 N–H and O–H groups in total. The number of halogens is 3. The average Bonchev–Trinajstić information content (AvgIpc) is 3.47. The lowest BCUT2D eigenvalue weighted by Crippen LogP contribution is -2.09. The molecule has 0 aliphatic heterocycles. The van der Waals surface area contributed by atoms with E-state index in [0.29, 0.717) is 11.3 Å². The molecule has 7 heteroatoms. The minimum absolute atomic E-state index is 0.0144. The van der Waals surface area contributed by atoms with Crippen molar-refractivity contribution in [1.29, 1.82) is 10.5 Å². The van der Waals surface area contributed by atoms with Crippen LogP contribution < -0.4 is 4.90 Å². The minimum atomic E-state index is -4.45. The summed E-state index contributed by atoms with van der Waals surface area (Å²) in [5, 5.41) is 19.9. The molecule has 6 aromatic carbocycles. The number of hydrogen-bond donors (Lipinski definition) is 0. The average molecular weight is 655 g/mol. The number of alkyl halides is 3. The van der Waals surface area contributed by atoms with Crippen molar-refractivity contribution in [3.8, 4) is 29.7 Å². The summed E-state index contributed by atoms with van der Waals surface area (Å²) in [4.78, 5) is 2.15. The smallest absolute Gasteiger partial charge is 0.310 e. The Kier molecular flexibility index (Phi) is 8.36. The van der Waals surface area contributed by atoms with Gasteiger partial charge in [0.1, 0.15) is 17.7 Å². The molecule has 238 valence electrons. The molecule has 4 nitrogen and oxygen atoms in total. The van der Waals surface area contributed by atoms with Crippen LogP contribution in [0.15, 0.2) is 151 Å². The number of rotatable bonds is 5. The van der Waals surface area contributed by atoms with E-state index in [1.165, 1.54) is 18.2 Å². The topological polar surface area (TPSA) is 55.8 Å². The van der Waals surface area contributed by atoms with Gasteiger partial charge in [0.25, 0.3) is 0 Å². The van der Waals surface area contributed by atoms with E-state index in [2.05, 4.69) is 34.9 Å². The predicted molar refractivity (Wildman–Crippen MR) is 192 cm³/mol. The number of nitriles is 2. The molecule has 0 radical (unpaired) electrons. The minimum Gasteiger partial charge on any atom is -0.310 e. The molecule has 0 bridgehead atoms. The highest BCUT2D eigenvalue weighted by molar-refractivity contribution is 6.10. The third kappa shape index (κ3) is 6.30. The van der Waals surface area contributed by atoms with Crippen LogP contribution in [0.2, 0.25) is 0 Å². The molecule has 50 heavy (non-hydrogen) atoms. The first kappa shape index (κ1) is 31.6. The Bertz CT molecular complexity index is 2470. The van der Waals surface area contributed by atoms with Crippen LogP contribution in [0.4, 0.5) is 30.2 Å². The van der Waals surface area contributed by atoms with Crippen LogP contribution in [-0.4, -0.2) is 4.57 Å². The Hall–Kier alpha value is -7.01. The third-order valence-corrected chi connectivity index (χ3v) is 8.30. The number of allylic oxidation sites excluding steroid dienone is 1. The monoisotopic (exact) mass is 654 g/mol. The van der Waals surface area contributed by atoms with E-state index in [1.807, 2.05) is 108 Å². The van der Waals surface area contributed by atoms with Gasteiger partial charge in [0.15, 0.2) is 0 Å². The fraction of sp³-hybridized carbons (Fsp3) is 0.0233. The van der Waals surface area contributed by atoms with Crippen LogP contribution in [0.25, 0.3) is 33.6 Å². The Labute approximate surface area is 286 Å². The standard InChI is InChI=1S/C43H25F3N4/c44-43(45,46)34-18-20-37(21-19-34)50-41-26-32(16-13-30-11-14-31(15-12-30)25-33(28-47)29-48)17-23-39(41)40-24-22-38(27-42(40)50)49(35-7-3-1-4-8-35)36-9-5-2-6-10-36/h1-12,14-15,17-27H. The molecular formula is C43H25F3N4. The fourth-order valence-electron chi connectivity index (χ4n) is 5.97. The number of benzene rings is 6. The van der Waals surface area contributed by atoms with Gasteiger partial charge < -0.3 is 9.47 Å². The van der Waals surface area contributed by atoms with Gasteiger partial charge in [0.2, 0.25) is 0 Å². The summed E-state index contributed by atoms with van der Waals surface area (Å²) >= 11 is 0. The lowest BCUT2D eigenvalue weighted by Gasteiger charge is -2.25.